The second-order valence-electron chi connectivity index (χ2n) is 40.9. The van der Waals surface area contributed by atoms with Crippen LogP contribution in [-0.2, 0) is 73.2 Å². The zero-order chi connectivity index (χ0) is 77.9. The van der Waals surface area contributed by atoms with Gasteiger partial charge in [0.05, 0.1) is 24.1 Å². The third kappa shape index (κ3) is 19.2. The van der Waals surface area contributed by atoms with Gasteiger partial charge >= 0.3 is 0 Å². The fourth-order valence-electron chi connectivity index (χ4n) is 14.5. The maximum Gasteiger partial charge on any atom is 0.231 e. The largest absolute Gasteiger partial charge is 0.366 e. The van der Waals surface area contributed by atoms with Crippen molar-refractivity contribution < 1.29 is 4.79 Å². The molecule has 0 bridgehead atoms. The molecule has 0 fully saturated rings. The van der Waals surface area contributed by atoms with Crippen molar-refractivity contribution in [1.29, 1.82) is 0 Å². The lowest BCUT2D eigenvalue weighted by Gasteiger charge is -2.35. The predicted molar refractivity (Wildman–Crippen MR) is 439 cm³/mol. The quantitative estimate of drug-likeness (QED) is 0.145. The smallest absolute Gasteiger partial charge is 0.231 e. The maximum atomic E-state index is 12.3. The fourth-order valence-corrected chi connectivity index (χ4v) is 14.5. The van der Waals surface area contributed by atoms with Crippen LogP contribution in [0.5, 0.6) is 0 Å². The minimum Gasteiger partial charge on any atom is -0.366 e. The molecule has 1 amide bonds. The molecule has 12 rings (SSSR count). The summed E-state index contributed by atoms with van der Waals surface area (Å²) in [6.07, 6.45) is 16.2. The number of anilines is 3. The molecule has 0 N–H and O–H groups in total. The van der Waals surface area contributed by atoms with Crippen molar-refractivity contribution >= 4 is 56.3 Å². The number of benzene rings is 2. The van der Waals surface area contributed by atoms with Crippen molar-refractivity contribution in [3.63, 3.8) is 0 Å². The molecule has 0 saturated carbocycles. The van der Waals surface area contributed by atoms with Crippen LogP contribution in [-0.4, -0.2) is 84.2 Å². The Balaban J connectivity index is 0.000000173. The van der Waals surface area contributed by atoms with E-state index in [9.17, 15) is 4.79 Å². The first-order valence-electron chi connectivity index (χ1n) is 37.8. The zero-order valence-corrected chi connectivity index (χ0v) is 71.1. The highest BCUT2D eigenvalue weighted by Gasteiger charge is 2.39. The van der Waals surface area contributed by atoms with Gasteiger partial charge in [0.25, 0.3) is 0 Å². The van der Waals surface area contributed by atoms with E-state index >= 15 is 0 Å². The molecule has 14 heteroatoms. The van der Waals surface area contributed by atoms with Crippen LogP contribution >= 0.6 is 0 Å². The Hall–Kier alpha value is -7.48. The van der Waals surface area contributed by atoms with Crippen molar-refractivity contribution in [2.75, 3.05) is 27.8 Å². The van der Waals surface area contributed by atoms with E-state index in [2.05, 4.69) is 381 Å². The Bertz CT molecular complexity index is 4080. The molecular formula is C89H135N13O. The summed E-state index contributed by atoms with van der Waals surface area (Å²) in [7, 11) is 0. The van der Waals surface area contributed by atoms with Crippen LogP contribution < -0.4 is 14.7 Å². The minimum atomic E-state index is -0.154. The second kappa shape index (κ2) is 29.1. The average Bonchev–Trinajstić information content (AvgIpc) is 1.65. The number of hydrogen-bond acceptors (Lipinski definition) is 10. The molecule has 0 atom stereocenters. The van der Waals surface area contributed by atoms with Crippen LogP contribution in [0.15, 0.2) is 104 Å². The molecule has 7 aromatic heterocycles. The molecule has 0 radical (unpaired) electrons. The lowest BCUT2D eigenvalue weighted by Crippen LogP contribution is -2.43. The van der Waals surface area contributed by atoms with Gasteiger partial charge in [-0.05, 0) is 229 Å². The summed E-state index contributed by atoms with van der Waals surface area (Å²) in [4.78, 5) is 50.5. The lowest BCUT2D eigenvalue weighted by atomic mass is 9.83. The van der Waals surface area contributed by atoms with Gasteiger partial charge in [-0.1, -0.05) is 149 Å². The number of carbonyl (C=O) groups excluding carboxylic acids is 1. The van der Waals surface area contributed by atoms with Gasteiger partial charge in [0.1, 0.15) is 35.3 Å². The highest BCUT2D eigenvalue weighted by atomic mass is 16.2. The van der Waals surface area contributed by atoms with E-state index in [0.29, 0.717) is 6.42 Å². The van der Waals surface area contributed by atoms with Gasteiger partial charge in [0.2, 0.25) is 5.91 Å². The molecule has 3 aliphatic rings. The topological polar surface area (TPSA) is 132 Å². The number of carbonyl (C=O) groups is 1. The van der Waals surface area contributed by atoms with E-state index in [4.69, 9.17) is 0 Å². The van der Waals surface area contributed by atoms with E-state index in [1.54, 1.807) is 18.2 Å². The molecule has 0 spiro atoms. The maximum absolute atomic E-state index is 12.3. The van der Waals surface area contributed by atoms with Crippen LogP contribution in [0.2, 0.25) is 0 Å². The Labute approximate surface area is 623 Å². The van der Waals surface area contributed by atoms with E-state index in [0.717, 1.165) is 64.4 Å². The normalized spacial score (nSPS) is 14.8. The van der Waals surface area contributed by atoms with Crippen molar-refractivity contribution in [1.82, 2.24) is 48.6 Å². The van der Waals surface area contributed by atoms with Crippen LogP contribution in [0, 0.1) is 0 Å². The highest BCUT2D eigenvalue weighted by Crippen LogP contribution is 2.43. The summed E-state index contributed by atoms with van der Waals surface area (Å²) in [5.41, 5.74) is 19.5. The summed E-state index contributed by atoms with van der Waals surface area (Å²) in [6.45, 7) is 81.9. The van der Waals surface area contributed by atoms with Gasteiger partial charge in [-0.15, -0.1) is 0 Å². The number of amides is 1. The summed E-state index contributed by atoms with van der Waals surface area (Å²) in [5.74, 6) is 1.42. The second-order valence-corrected chi connectivity index (χ2v) is 40.9. The number of nitrogens with zero attached hydrogens (tertiary/aromatic N) is 13. The third-order valence-corrected chi connectivity index (χ3v) is 19.4. The van der Waals surface area contributed by atoms with Crippen molar-refractivity contribution in [3.8, 4) is 0 Å². The van der Waals surface area contributed by atoms with E-state index in [1.165, 1.54) is 56.7 Å². The van der Waals surface area contributed by atoms with Gasteiger partial charge in [-0.2, -0.15) is 0 Å². The number of rotatable bonds is 0. The summed E-state index contributed by atoms with van der Waals surface area (Å²) in [5, 5.41) is 2.44. The first kappa shape index (κ1) is 82.8. The highest BCUT2D eigenvalue weighted by molar-refractivity contribution is 6.03. The van der Waals surface area contributed by atoms with Crippen LogP contribution in [0.1, 0.15) is 300 Å². The van der Waals surface area contributed by atoms with Crippen molar-refractivity contribution in [2.24, 2.45) is 0 Å². The molecule has 103 heavy (non-hydrogen) atoms. The minimum absolute atomic E-state index is 0.0156. The first-order chi connectivity index (χ1) is 46.7. The predicted octanol–water partition coefficient (Wildman–Crippen LogP) is 21.8. The first-order valence-corrected chi connectivity index (χ1v) is 37.8. The summed E-state index contributed by atoms with van der Waals surface area (Å²) in [6, 6.07) is 21.7. The van der Waals surface area contributed by atoms with Gasteiger partial charge < -0.3 is 28.4 Å². The number of imidazole rings is 1. The standard InChI is InChI=1S/C16H23NO.C16H25N.C15H24N2.C15H22N2.C14H21N3.C13H20N4/c1-15(2,3)12-8-7-9-13-11(12)10-14(18)17(13)16(4,5)6;1-15(2,3)13-8-7-9-14-12(13)10-11-17(14)16(4,5)6;2*1-14(2,3)12-7-9-16-13-11(12)8-10-17(13)15(4,5)6;1-13(2,3)11-10-7-8-17(14(4,5)6)12(10)16-9-15-11;1-12(2,3)10-9-11(15-7-14-10)17(8-16-9)13(4,5)6/h7-9H,10H2,1-6H3;7-9H,10-11H2,1-6H3;7,9H,8,10H2,1-6H3;7-10H,1-6H3;7-9H,1-6H3;7-8H,1-6H3. The van der Waals surface area contributed by atoms with Crippen molar-refractivity contribution in [3.05, 3.63) is 155 Å². The monoisotopic (exact) mass is 1400 g/mol. The molecule has 10 heterocycles. The van der Waals surface area contributed by atoms with Crippen molar-refractivity contribution in [2.45, 2.75) is 334 Å². The molecule has 14 nitrogen and oxygen atoms in total. The Morgan fingerprint density at radius 2 is 0.748 bits per heavy atom. The Kier molecular flexibility index (Phi) is 23.4. The van der Waals surface area contributed by atoms with Gasteiger partial charge in [-0.3, -0.25) is 4.79 Å². The Morgan fingerprint density at radius 3 is 1.22 bits per heavy atom. The molecule has 2 aromatic carbocycles. The van der Waals surface area contributed by atoms with Crippen LogP contribution in [0.25, 0.3) is 33.2 Å². The number of fused-ring (bicyclic) bond motifs is 6. The molecular weight excluding hydrogens is 1270 g/mol. The fraction of sp³-hybridized carbons (Fsp3) is 0.596. The van der Waals surface area contributed by atoms with Crippen LogP contribution in [0.4, 0.5) is 17.2 Å². The lowest BCUT2D eigenvalue weighted by molar-refractivity contribution is -0.118. The number of hydrogen-bond donors (Lipinski definition) is 0. The molecule has 9 aromatic rings. The molecule has 562 valence electrons. The molecule has 0 aliphatic carbocycles. The van der Waals surface area contributed by atoms with Gasteiger partial charge in [0, 0.05) is 110 Å². The summed E-state index contributed by atoms with van der Waals surface area (Å²) >= 11 is 0. The van der Waals surface area contributed by atoms with E-state index < -0.39 is 0 Å². The average molecular weight is 1400 g/mol. The molecule has 0 unspecified atom stereocenters. The SMILES string of the molecule is CC(C)(C)c1cccc2c1CC(=O)N2C(C)(C)C.CC(C)(C)c1cccc2c1CCN2C(C)(C)C.CC(C)(C)c1ccnc2c1CCN2C(C)(C)C.CC(C)(C)c1ccnc2c1ccn2C(C)(C)C.CC(C)(C)c1ncnc2c1ccn2C(C)(C)C.CC(C)(C)c1ncnc2c1ncn2C(C)(C)C. The Morgan fingerprint density at radius 1 is 0.330 bits per heavy atom. The van der Waals surface area contributed by atoms with Gasteiger partial charge in [0.15, 0.2) is 5.65 Å². The molecule has 3 aliphatic heterocycles. The number of pyridine rings is 2. The zero-order valence-electron chi connectivity index (χ0n) is 71.1. The van der Waals surface area contributed by atoms with Gasteiger partial charge in [-0.25, -0.2) is 34.9 Å². The van der Waals surface area contributed by atoms with Crippen LogP contribution in [0.3, 0.4) is 0 Å². The number of aromatic nitrogens is 10. The van der Waals surface area contributed by atoms with E-state index in [1.807, 2.05) is 23.6 Å². The molecule has 0 saturated heterocycles. The third-order valence-electron chi connectivity index (χ3n) is 19.4. The van der Waals surface area contributed by atoms with E-state index in [-0.39, 0.29) is 71.6 Å². The summed E-state index contributed by atoms with van der Waals surface area (Å²) < 4.78 is 6.55.